The van der Waals surface area contributed by atoms with Crippen molar-refractivity contribution in [1.29, 1.82) is 0 Å². The van der Waals surface area contributed by atoms with E-state index < -0.39 is 0 Å². The number of benzene rings is 1. The highest BCUT2D eigenvalue weighted by Crippen LogP contribution is 2.04. The maximum atomic E-state index is 5.08. The molecule has 1 rings (SSSR count). The molecule has 0 aliphatic carbocycles. The van der Waals surface area contributed by atoms with Gasteiger partial charge >= 0.3 is 0 Å². The molecule has 1 aromatic carbocycles. The molecule has 0 saturated heterocycles. The van der Waals surface area contributed by atoms with Crippen molar-refractivity contribution in [2.24, 2.45) is 4.99 Å². The average molecular weight is 448 g/mol. The molecule has 0 bridgehead atoms. The lowest BCUT2D eigenvalue weighted by molar-refractivity contribution is 0.161. The summed E-state index contributed by atoms with van der Waals surface area (Å²) >= 11 is 0. The molecule has 1 aromatic rings. The Balaban J connectivity index is 0.00000529. The Morgan fingerprint density at radius 1 is 1.17 bits per heavy atom. The molecule has 0 atom stereocenters. The maximum Gasteiger partial charge on any atom is 0.191 e. The first-order chi connectivity index (χ1) is 11.2. The van der Waals surface area contributed by atoms with Crippen LogP contribution in [0.5, 0.6) is 0 Å². The normalized spacial score (nSPS) is 11.3. The number of halogens is 1. The van der Waals surface area contributed by atoms with Crippen LogP contribution in [-0.2, 0) is 11.3 Å². The van der Waals surface area contributed by atoms with Crippen LogP contribution in [0.25, 0.3) is 0 Å². The fourth-order valence-corrected chi connectivity index (χ4v) is 2.12. The summed E-state index contributed by atoms with van der Waals surface area (Å²) in [7, 11) is 3.86. The Morgan fingerprint density at radius 3 is 2.50 bits per heavy atom. The lowest BCUT2D eigenvalue weighted by Crippen LogP contribution is -2.38. The van der Waals surface area contributed by atoms with Crippen LogP contribution >= 0.6 is 24.0 Å². The first-order valence-corrected chi connectivity index (χ1v) is 8.41. The number of likely N-dealkylation sites (N-methyl/N-ethyl adjacent to an activating group) is 1. The van der Waals surface area contributed by atoms with E-state index >= 15 is 0 Å². The number of guanidine groups is 1. The smallest absolute Gasteiger partial charge is 0.191 e. The van der Waals surface area contributed by atoms with Crippen molar-refractivity contribution in [3.63, 3.8) is 0 Å². The lowest BCUT2D eigenvalue weighted by Gasteiger charge is -2.17. The van der Waals surface area contributed by atoms with Crippen molar-refractivity contribution in [1.82, 2.24) is 15.5 Å². The van der Waals surface area contributed by atoms with Crippen molar-refractivity contribution in [3.8, 4) is 0 Å². The van der Waals surface area contributed by atoms with Gasteiger partial charge < -0.3 is 20.3 Å². The number of hydrogen-bond acceptors (Lipinski definition) is 3. The molecule has 0 radical (unpaired) electrons. The molecule has 0 fully saturated rings. The molecule has 0 spiro atoms. The van der Waals surface area contributed by atoms with Crippen LogP contribution in [0.4, 0.5) is 0 Å². The van der Waals surface area contributed by atoms with E-state index in [0.717, 1.165) is 45.2 Å². The number of hydrogen-bond donors (Lipinski definition) is 2. The third-order valence-corrected chi connectivity index (χ3v) is 3.57. The molecule has 0 heterocycles. The van der Waals surface area contributed by atoms with Crippen molar-refractivity contribution < 1.29 is 4.74 Å². The summed E-state index contributed by atoms with van der Waals surface area (Å²) in [5.74, 6) is 0.882. The summed E-state index contributed by atoms with van der Waals surface area (Å²) < 4.78 is 5.08. The van der Waals surface area contributed by atoms with E-state index in [4.69, 9.17) is 4.74 Å². The van der Waals surface area contributed by atoms with E-state index in [-0.39, 0.29) is 24.0 Å². The molecular formula is C18H33IN4O. The van der Waals surface area contributed by atoms with Gasteiger partial charge in [-0.25, -0.2) is 4.99 Å². The van der Waals surface area contributed by atoms with Gasteiger partial charge in [0, 0.05) is 26.7 Å². The SMILES string of the molecule is CCNC(=NCc1ccc(C)cc1)NCCCN(C)CCOC.I. The van der Waals surface area contributed by atoms with Gasteiger partial charge in [0.15, 0.2) is 5.96 Å². The number of rotatable bonds is 10. The second kappa shape index (κ2) is 14.5. The molecule has 5 nitrogen and oxygen atoms in total. The molecule has 0 unspecified atom stereocenters. The summed E-state index contributed by atoms with van der Waals surface area (Å²) in [5.41, 5.74) is 2.51. The first kappa shape index (κ1) is 23.1. The quantitative estimate of drug-likeness (QED) is 0.250. The van der Waals surface area contributed by atoms with Gasteiger partial charge in [0.25, 0.3) is 0 Å². The molecular weight excluding hydrogens is 415 g/mol. The van der Waals surface area contributed by atoms with E-state index in [1.54, 1.807) is 7.11 Å². The molecule has 24 heavy (non-hydrogen) atoms. The number of methoxy groups -OCH3 is 1. The zero-order valence-electron chi connectivity index (χ0n) is 15.5. The third kappa shape index (κ3) is 10.8. The van der Waals surface area contributed by atoms with E-state index in [1.807, 2.05) is 0 Å². The van der Waals surface area contributed by atoms with Crippen molar-refractivity contribution in [2.45, 2.75) is 26.8 Å². The molecule has 0 aromatic heterocycles. The molecule has 0 saturated carbocycles. The molecule has 2 N–H and O–H groups in total. The van der Waals surface area contributed by atoms with Crippen LogP contribution in [0.15, 0.2) is 29.3 Å². The Bertz CT molecular complexity index is 451. The molecule has 0 aliphatic heterocycles. The van der Waals surface area contributed by atoms with Gasteiger partial charge in [-0.05, 0) is 39.4 Å². The Morgan fingerprint density at radius 2 is 1.88 bits per heavy atom. The van der Waals surface area contributed by atoms with Crippen molar-refractivity contribution in [2.75, 3.05) is 46.9 Å². The van der Waals surface area contributed by atoms with E-state index in [2.05, 4.69) is 65.7 Å². The number of nitrogens with zero attached hydrogens (tertiary/aromatic N) is 2. The summed E-state index contributed by atoms with van der Waals surface area (Å²) in [6.45, 7) is 9.47. The highest BCUT2D eigenvalue weighted by molar-refractivity contribution is 14.0. The fourth-order valence-electron chi connectivity index (χ4n) is 2.12. The molecule has 6 heteroatoms. The highest BCUT2D eigenvalue weighted by atomic mass is 127. The van der Waals surface area contributed by atoms with Crippen LogP contribution in [-0.4, -0.2) is 57.8 Å². The topological polar surface area (TPSA) is 48.9 Å². The van der Waals surface area contributed by atoms with Gasteiger partial charge in [0.2, 0.25) is 0 Å². The van der Waals surface area contributed by atoms with Crippen LogP contribution in [0.1, 0.15) is 24.5 Å². The summed E-state index contributed by atoms with van der Waals surface area (Å²) in [4.78, 5) is 6.92. The Hall–Kier alpha value is -0.860. The average Bonchev–Trinajstić information content (AvgIpc) is 2.56. The van der Waals surface area contributed by atoms with E-state index in [0.29, 0.717) is 6.54 Å². The first-order valence-electron chi connectivity index (χ1n) is 8.41. The maximum absolute atomic E-state index is 5.08. The highest BCUT2D eigenvalue weighted by Gasteiger charge is 2.00. The van der Waals surface area contributed by atoms with Gasteiger partial charge in [-0.1, -0.05) is 29.8 Å². The second-order valence-corrected chi connectivity index (χ2v) is 5.76. The van der Waals surface area contributed by atoms with Gasteiger partial charge in [-0.2, -0.15) is 0 Å². The number of ether oxygens (including phenoxy) is 1. The molecule has 0 aliphatic rings. The van der Waals surface area contributed by atoms with Crippen molar-refractivity contribution in [3.05, 3.63) is 35.4 Å². The van der Waals surface area contributed by atoms with Crippen LogP contribution in [0.3, 0.4) is 0 Å². The van der Waals surface area contributed by atoms with Gasteiger partial charge in [-0.3, -0.25) is 0 Å². The summed E-state index contributed by atoms with van der Waals surface area (Å²) in [6.07, 6.45) is 1.08. The van der Waals surface area contributed by atoms with E-state index in [1.165, 1.54) is 11.1 Å². The minimum atomic E-state index is 0. The zero-order chi connectivity index (χ0) is 16.9. The number of aliphatic imine (C=N–C) groups is 1. The Kier molecular flexibility index (Phi) is 14.0. The van der Waals surface area contributed by atoms with E-state index in [9.17, 15) is 0 Å². The predicted octanol–water partition coefficient (Wildman–Crippen LogP) is 2.64. The minimum absolute atomic E-state index is 0. The monoisotopic (exact) mass is 448 g/mol. The second-order valence-electron chi connectivity index (χ2n) is 5.76. The van der Waals surface area contributed by atoms with Crippen LogP contribution < -0.4 is 10.6 Å². The molecule has 0 amide bonds. The summed E-state index contributed by atoms with van der Waals surface area (Å²) in [5, 5.41) is 6.69. The van der Waals surface area contributed by atoms with Gasteiger partial charge in [0.05, 0.1) is 13.2 Å². The fraction of sp³-hybridized carbons (Fsp3) is 0.611. The largest absolute Gasteiger partial charge is 0.383 e. The Labute approximate surface area is 164 Å². The predicted molar refractivity (Wildman–Crippen MR) is 113 cm³/mol. The number of aryl methyl sites for hydroxylation is 1. The van der Waals surface area contributed by atoms with Gasteiger partial charge in [0.1, 0.15) is 0 Å². The zero-order valence-corrected chi connectivity index (χ0v) is 17.8. The summed E-state index contributed by atoms with van der Waals surface area (Å²) in [6, 6.07) is 8.52. The lowest BCUT2D eigenvalue weighted by atomic mass is 10.1. The number of nitrogens with one attached hydrogen (secondary N) is 2. The molecule has 138 valence electrons. The van der Waals surface area contributed by atoms with Crippen LogP contribution in [0.2, 0.25) is 0 Å². The standard InChI is InChI=1S/C18H32N4O.HI/c1-5-19-18(20-11-6-12-22(3)13-14-23-4)21-15-17-9-7-16(2)8-10-17;/h7-10H,5-6,11-15H2,1-4H3,(H2,19,20,21);1H. The third-order valence-electron chi connectivity index (χ3n) is 3.57. The van der Waals surface area contributed by atoms with Gasteiger partial charge in [-0.15, -0.1) is 24.0 Å². The van der Waals surface area contributed by atoms with Crippen molar-refractivity contribution >= 4 is 29.9 Å². The minimum Gasteiger partial charge on any atom is -0.383 e. The van der Waals surface area contributed by atoms with Crippen LogP contribution in [0, 0.1) is 6.92 Å².